The normalized spacial score (nSPS) is 14.9. The topological polar surface area (TPSA) is 60.5 Å². The molecule has 2 heterocycles. The highest BCUT2D eigenvalue weighted by atomic mass is 16.5. The maximum absolute atomic E-state index is 12.4. The summed E-state index contributed by atoms with van der Waals surface area (Å²) in [5.74, 6) is 1.40. The Morgan fingerprint density at radius 1 is 1.21 bits per heavy atom. The van der Waals surface area contributed by atoms with Crippen LogP contribution in [-0.4, -0.2) is 30.6 Å². The zero-order valence-electron chi connectivity index (χ0n) is 15.9. The van der Waals surface area contributed by atoms with E-state index in [1.54, 1.807) is 25.3 Å². The van der Waals surface area contributed by atoms with Gasteiger partial charge in [-0.05, 0) is 60.5 Å². The molecule has 4 rings (SSSR count). The summed E-state index contributed by atoms with van der Waals surface area (Å²) in [6.45, 7) is 2.47. The SMILES string of the molecule is COc1cccc(C(=O)NC[C@@H]2Cc3cc(-c4ccc(C)cn4)ccc3O2)c1. The number of carbonyl (C=O) groups excluding carboxylic acids is 1. The average molecular weight is 374 g/mol. The van der Waals surface area contributed by atoms with Gasteiger partial charge >= 0.3 is 0 Å². The second-order valence-electron chi connectivity index (χ2n) is 6.93. The van der Waals surface area contributed by atoms with E-state index < -0.39 is 0 Å². The van der Waals surface area contributed by atoms with Gasteiger partial charge in [-0.2, -0.15) is 0 Å². The number of aryl methyl sites for hydroxylation is 1. The van der Waals surface area contributed by atoms with E-state index in [4.69, 9.17) is 9.47 Å². The largest absolute Gasteiger partial charge is 0.497 e. The maximum atomic E-state index is 12.4. The first kappa shape index (κ1) is 18.0. The predicted molar refractivity (Wildman–Crippen MR) is 108 cm³/mol. The molecule has 28 heavy (non-hydrogen) atoms. The summed E-state index contributed by atoms with van der Waals surface area (Å²) >= 11 is 0. The summed E-state index contributed by atoms with van der Waals surface area (Å²) in [5.41, 5.74) is 4.87. The number of nitrogens with one attached hydrogen (secondary N) is 1. The van der Waals surface area contributed by atoms with Crippen LogP contribution in [0.4, 0.5) is 0 Å². The molecule has 0 spiro atoms. The Morgan fingerprint density at radius 2 is 2.11 bits per heavy atom. The minimum absolute atomic E-state index is 0.0780. The number of fused-ring (bicyclic) bond motifs is 1. The molecule has 0 saturated heterocycles. The van der Waals surface area contributed by atoms with Gasteiger partial charge in [0.2, 0.25) is 0 Å². The third-order valence-electron chi connectivity index (χ3n) is 4.83. The number of carbonyl (C=O) groups is 1. The van der Waals surface area contributed by atoms with Crippen molar-refractivity contribution in [2.75, 3.05) is 13.7 Å². The molecule has 0 unspecified atom stereocenters. The van der Waals surface area contributed by atoms with Gasteiger partial charge in [-0.15, -0.1) is 0 Å². The Kier molecular flexibility index (Phi) is 4.98. The summed E-state index contributed by atoms with van der Waals surface area (Å²) in [7, 11) is 1.58. The minimum atomic E-state index is -0.136. The van der Waals surface area contributed by atoms with Crippen molar-refractivity contribution in [3.8, 4) is 22.8 Å². The number of aromatic nitrogens is 1. The lowest BCUT2D eigenvalue weighted by Gasteiger charge is -2.12. The number of ether oxygens (including phenoxy) is 2. The van der Waals surface area contributed by atoms with Gasteiger partial charge in [0, 0.05) is 23.7 Å². The van der Waals surface area contributed by atoms with Crippen molar-refractivity contribution in [3.05, 3.63) is 77.5 Å². The number of pyridine rings is 1. The minimum Gasteiger partial charge on any atom is -0.497 e. The summed E-state index contributed by atoms with van der Waals surface area (Å²) in [5, 5.41) is 2.95. The highest BCUT2D eigenvalue weighted by Crippen LogP contribution is 2.32. The van der Waals surface area contributed by atoms with Gasteiger partial charge in [0.25, 0.3) is 5.91 Å². The van der Waals surface area contributed by atoms with Crippen LogP contribution < -0.4 is 14.8 Å². The maximum Gasteiger partial charge on any atom is 0.251 e. The highest BCUT2D eigenvalue weighted by molar-refractivity contribution is 5.94. The van der Waals surface area contributed by atoms with Gasteiger partial charge in [-0.1, -0.05) is 12.1 Å². The van der Waals surface area contributed by atoms with Gasteiger partial charge in [-0.3, -0.25) is 9.78 Å². The quantitative estimate of drug-likeness (QED) is 0.738. The first-order chi connectivity index (χ1) is 13.6. The summed E-state index contributed by atoms with van der Waals surface area (Å²) in [4.78, 5) is 16.9. The lowest BCUT2D eigenvalue weighted by Crippen LogP contribution is -2.34. The van der Waals surface area contributed by atoms with Crippen LogP contribution in [0, 0.1) is 6.92 Å². The van der Waals surface area contributed by atoms with Crippen molar-refractivity contribution >= 4 is 5.91 Å². The van der Waals surface area contributed by atoms with Crippen LogP contribution in [0.5, 0.6) is 11.5 Å². The van der Waals surface area contributed by atoms with Crippen LogP contribution in [0.2, 0.25) is 0 Å². The second-order valence-corrected chi connectivity index (χ2v) is 6.93. The van der Waals surface area contributed by atoms with Crippen molar-refractivity contribution in [1.29, 1.82) is 0 Å². The van der Waals surface area contributed by atoms with E-state index >= 15 is 0 Å². The number of hydrogen-bond acceptors (Lipinski definition) is 4. The number of rotatable bonds is 5. The standard InChI is InChI=1S/C23H22N2O3/c1-15-6-8-21(24-13-15)16-7-9-22-18(10-16)12-20(28-22)14-25-23(26)17-4-3-5-19(11-17)27-2/h3-11,13,20H,12,14H2,1-2H3,(H,25,26)/t20-/m0/s1. The fourth-order valence-electron chi connectivity index (χ4n) is 3.31. The molecule has 1 N–H and O–H groups in total. The molecule has 1 aliphatic heterocycles. The lowest BCUT2D eigenvalue weighted by molar-refractivity contribution is 0.0933. The van der Waals surface area contributed by atoms with Crippen molar-refractivity contribution in [2.45, 2.75) is 19.4 Å². The first-order valence-corrected chi connectivity index (χ1v) is 9.27. The van der Waals surface area contributed by atoms with Crippen molar-refractivity contribution < 1.29 is 14.3 Å². The fourth-order valence-corrected chi connectivity index (χ4v) is 3.31. The van der Waals surface area contributed by atoms with Crippen molar-refractivity contribution in [2.24, 2.45) is 0 Å². The van der Waals surface area contributed by atoms with Crippen LogP contribution >= 0.6 is 0 Å². The molecule has 0 aliphatic carbocycles. The Balaban J connectivity index is 1.39. The molecular formula is C23H22N2O3. The van der Waals surface area contributed by atoms with E-state index in [0.29, 0.717) is 17.9 Å². The van der Waals surface area contributed by atoms with Gasteiger partial charge in [0.05, 0.1) is 19.3 Å². The molecule has 5 heteroatoms. The molecule has 0 radical (unpaired) electrons. The first-order valence-electron chi connectivity index (χ1n) is 9.27. The van der Waals surface area contributed by atoms with Crippen LogP contribution in [0.15, 0.2) is 60.8 Å². The molecule has 1 aromatic heterocycles. The summed E-state index contributed by atoms with van der Waals surface area (Å²) < 4.78 is 11.2. The molecule has 1 aliphatic rings. The molecule has 0 saturated carbocycles. The summed E-state index contributed by atoms with van der Waals surface area (Å²) in [6, 6.07) is 17.3. The third-order valence-corrected chi connectivity index (χ3v) is 4.83. The average Bonchev–Trinajstić information content (AvgIpc) is 3.14. The molecule has 1 atom stereocenters. The second kappa shape index (κ2) is 7.72. The van der Waals surface area contributed by atoms with E-state index in [2.05, 4.69) is 22.4 Å². The van der Waals surface area contributed by atoms with E-state index in [0.717, 1.165) is 34.6 Å². The van der Waals surface area contributed by atoms with Crippen molar-refractivity contribution in [3.63, 3.8) is 0 Å². The van der Waals surface area contributed by atoms with Crippen LogP contribution in [0.25, 0.3) is 11.3 Å². The number of methoxy groups -OCH3 is 1. The lowest BCUT2D eigenvalue weighted by atomic mass is 10.0. The molecule has 142 valence electrons. The van der Waals surface area contributed by atoms with Gasteiger partial charge in [-0.25, -0.2) is 0 Å². The predicted octanol–water partition coefficient (Wildman–Crippen LogP) is 3.80. The Morgan fingerprint density at radius 3 is 2.89 bits per heavy atom. The number of amides is 1. The smallest absolute Gasteiger partial charge is 0.251 e. The number of nitrogens with zero attached hydrogens (tertiary/aromatic N) is 1. The van der Waals surface area contributed by atoms with E-state index in [1.165, 1.54) is 0 Å². The van der Waals surface area contributed by atoms with E-state index in [1.807, 2.05) is 37.4 Å². The Bertz CT molecular complexity index is 999. The Labute approximate surface area is 164 Å². The fraction of sp³-hybridized carbons (Fsp3) is 0.217. The zero-order valence-corrected chi connectivity index (χ0v) is 15.9. The van der Waals surface area contributed by atoms with Gasteiger partial charge in [0.1, 0.15) is 17.6 Å². The monoisotopic (exact) mass is 374 g/mol. The molecular weight excluding hydrogens is 352 g/mol. The van der Waals surface area contributed by atoms with Gasteiger partial charge < -0.3 is 14.8 Å². The third kappa shape index (κ3) is 3.83. The molecule has 2 aromatic carbocycles. The zero-order chi connectivity index (χ0) is 19.5. The number of hydrogen-bond donors (Lipinski definition) is 1. The Hall–Kier alpha value is -3.34. The number of benzene rings is 2. The van der Waals surface area contributed by atoms with Gasteiger partial charge in [0.15, 0.2) is 0 Å². The molecule has 0 fully saturated rings. The van der Waals surface area contributed by atoms with E-state index in [9.17, 15) is 4.79 Å². The van der Waals surface area contributed by atoms with Crippen LogP contribution in [0.3, 0.4) is 0 Å². The highest BCUT2D eigenvalue weighted by Gasteiger charge is 2.24. The molecule has 1 amide bonds. The summed E-state index contributed by atoms with van der Waals surface area (Å²) in [6.07, 6.45) is 2.55. The molecule has 3 aromatic rings. The van der Waals surface area contributed by atoms with Crippen molar-refractivity contribution in [1.82, 2.24) is 10.3 Å². The molecule has 0 bridgehead atoms. The van der Waals surface area contributed by atoms with Crippen LogP contribution in [-0.2, 0) is 6.42 Å². The van der Waals surface area contributed by atoms with E-state index in [-0.39, 0.29) is 12.0 Å². The molecule has 5 nitrogen and oxygen atoms in total. The van der Waals surface area contributed by atoms with Crippen LogP contribution in [0.1, 0.15) is 21.5 Å².